The van der Waals surface area contributed by atoms with Gasteiger partial charge in [0.2, 0.25) is 0 Å². The van der Waals surface area contributed by atoms with E-state index in [0.29, 0.717) is 6.10 Å². The Morgan fingerprint density at radius 3 is 2.58 bits per heavy atom. The molecule has 0 unspecified atom stereocenters. The molecule has 4 rings (SSSR count). The number of fused-ring (bicyclic) bond motifs is 1. The Hall–Kier alpha value is -1.61. The zero-order chi connectivity index (χ0) is 16.4. The first-order chi connectivity index (χ1) is 11.8. The molecular formula is C21H28N2O. The van der Waals surface area contributed by atoms with Gasteiger partial charge in [0, 0.05) is 36.9 Å². The molecule has 24 heavy (non-hydrogen) atoms. The maximum atomic E-state index is 6.38. The average Bonchev–Trinajstić information content (AvgIpc) is 2.64. The molecule has 2 aliphatic rings. The molecule has 1 aromatic carbocycles. The molecule has 1 saturated carbocycles. The number of hydrogen-bond donors (Lipinski definition) is 0. The molecule has 0 spiro atoms. The van der Waals surface area contributed by atoms with Crippen LogP contribution in [0.3, 0.4) is 0 Å². The van der Waals surface area contributed by atoms with E-state index in [4.69, 9.17) is 4.74 Å². The molecule has 0 bridgehead atoms. The third-order valence-electron chi connectivity index (χ3n) is 5.80. The average molecular weight is 324 g/mol. The smallest absolute Gasteiger partial charge is 0.123 e. The normalized spacial score (nSPS) is 21.2. The van der Waals surface area contributed by atoms with E-state index >= 15 is 0 Å². The Kier molecular flexibility index (Phi) is 4.70. The maximum absolute atomic E-state index is 6.38. The van der Waals surface area contributed by atoms with Gasteiger partial charge in [-0.1, -0.05) is 19.3 Å². The molecule has 1 aromatic heterocycles. The van der Waals surface area contributed by atoms with Crippen LogP contribution in [0.25, 0.3) is 10.8 Å². The number of nitrogens with zero attached hydrogens (tertiary/aromatic N) is 2. The molecule has 1 saturated heterocycles. The lowest BCUT2D eigenvalue weighted by atomic mass is 9.92. The van der Waals surface area contributed by atoms with Crippen LogP contribution in [-0.2, 0) is 0 Å². The number of aryl methyl sites for hydroxylation is 1. The van der Waals surface area contributed by atoms with Crippen LogP contribution in [0.5, 0.6) is 5.75 Å². The van der Waals surface area contributed by atoms with E-state index in [1.54, 1.807) is 0 Å². The van der Waals surface area contributed by atoms with Crippen LogP contribution < -0.4 is 4.74 Å². The highest BCUT2D eigenvalue weighted by Crippen LogP contribution is 2.29. The standard InChI is InChI=1S/C21H28N2O/c1-16-13-18-15-22-10-7-17(18)14-21(16)24-20-8-11-23(12-9-20)19-5-3-2-4-6-19/h7,10,13-15,19-20H,2-6,8-9,11-12H2,1H3. The van der Waals surface area contributed by atoms with Gasteiger partial charge in [0.15, 0.2) is 0 Å². The van der Waals surface area contributed by atoms with Gasteiger partial charge in [0.1, 0.15) is 11.9 Å². The summed E-state index contributed by atoms with van der Waals surface area (Å²) in [7, 11) is 0. The first-order valence-electron chi connectivity index (χ1n) is 9.55. The first kappa shape index (κ1) is 15.9. The molecule has 0 N–H and O–H groups in total. The van der Waals surface area contributed by atoms with Crippen LogP contribution in [0.1, 0.15) is 50.5 Å². The van der Waals surface area contributed by atoms with Crippen LogP contribution >= 0.6 is 0 Å². The van der Waals surface area contributed by atoms with Crippen molar-refractivity contribution in [3.05, 3.63) is 36.2 Å². The summed E-state index contributed by atoms with van der Waals surface area (Å²) in [6, 6.07) is 7.27. The van der Waals surface area contributed by atoms with Crippen molar-refractivity contribution in [1.29, 1.82) is 0 Å². The molecule has 3 nitrogen and oxygen atoms in total. The van der Waals surface area contributed by atoms with E-state index in [9.17, 15) is 0 Å². The Morgan fingerprint density at radius 1 is 1.00 bits per heavy atom. The minimum Gasteiger partial charge on any atom is -0.490 e. The van der Waals surface area contributed by atoms with Gasteiger partial charge in [-0.15, -0.1) is 0 Å². The summed E-state index contributed by atoms with van der Waals surface area (Å²) < 4.78 is 6.38. The highest BCUT2D eigenvalue weighted by Gasteiger charge is 2.27. The zero-order valence-electron chi connectivity index (χ0n) is 14.7. The monoisotopic (exact) mass is 324 g/mol. The van der Waals surface area contributed by atoms with Gasteiger partial charge in [0.05, 0.1) is 0 Å². The second kappa shape index (κ2) is 7.10. The maximum Gasteiger partial charge on any atom is 0.123 e. The van der Waals surface area contributed by atoms with Crippen LogP contribution in [0.2, 0.25) is 0 Å². The van der Waals surface area contributed by atoms with Crippen molar-refractivity contribution < 1.29 is 4.74 Å². The lowest BCUT2D eigenvalue weighted by Crippen LogP contribution is -2.44. The summed E-state index contributed by atoms with van der Waals surface area (Å²) >= 11 is 0. The van der Waals surface area contributed by atoms with Crippen molar-refractivity contribution in [2.24, 2.45) is 0 Å². The van der Waals surface area contributed by atoms with E-state index in [-0.39, 0.29) is 0 Å². The molecule has 0 radical (unpaired) electrons. The van der Waals surface area contributed by atoms with Gasteiger partial charge < -0.3 is 9.64 Å². The van der Waals surface area contributed by atoms with E-state index in [2.05, 4.69) is 35.0 Å². The third-order valence-corrected chi connectivity index (χ3v) is 5.80. The lowest BCUT2D eigenvalue weighted by Gasteiger charge is -2.39. The molecule has 2 fully saturated rings. The quantitative estimate of drug-likeness (QED) is 0.817. The Bertz CT molecular complexity index is 685. The van der Waals surface area contributed by atoms with Crippen LogP contribution in [-0.4, -0.2) is 35.1 Å². The summed E-state index contributed by atoms with van der Waals surface area (Å²) in [5, 5.41) is 2.40. The van der Waals surface area contributed by atoms with Crippen LogP contribution in [0, 0.1) is 6.92 Å². The fraction of sp³-hybridized carbons (Fsp3) is 0.571. The molecule has 0 amide bonds. The number of aromatic nitrogens is 1. The molecule has 1 aliphatic carbocycles. The fourth-order valence-corrected chi connectivity index (χ4v) is 4.34. The first-order valence-corrected chi connectivity index (χ1v) is 9.55. The highest BCUT2D eigenvalue weighted by molar-refractivity contribution is 5.84. The predicted molar refractivity (Wildman–Crippen MR) is 98.6 cm³/mol. The van der Waals surface area contributed by atoms with Crippen molar-refractivity contribution in [3.63, 3.8) is 0 Å². The number of rotatable bonds is 3. The van der Waals surface area contributed by atoms with Gasteiger partial charge >= 0.3 is 0 Å². The van der Waals surface area contributed by atoms with Crippen molar-refractivity contribution in [2.45, 2.75) is 64.0 Å². The predicted octanol–water partition coefficient (Wildman–Crippen LogP) is 4.72. The van der Waals surface area contributed by atoms with Crippen molar-refractivity contribution in [2.75, 3.05) is 13.1 Å². The topological polar surface area (TPSA) is 25.4 Å². The van der Waals surface area contributed by atoms with E-state index in [1.807, 2.05) is 12.4 Å². The minimum absolute atomic E-state index is 0.364. The number of ether oxygens (including phenoxy) is 1. The van der Waals surface area contributed by atoms with Crippen LogP contribution in [0.4, 0.5) is 0 Å². The van der Waals surface area contributed by atoms with E-state index < -0.39 is 0 Å². The van der Waals surface area contributed by atoms with E-state index in [0.717, 1.165) is 24.6 Å². The molecule has 128 valence electrons. The van der Waals surface area contributed by atoms with Gasteiger partial charge in [0.25, 0.3) is 0 Å². The fourth-order valence-electron chi connectivity index (χ4n) is 4.34. The summed E-state index contributed by atoms with van der Waals surface area (Å²) in [5.74, 6) is 1.05. The van der Waals surface area contributed by atoms with Crippen LogP contribution in [0.15, 0.2) is 30.6 Å². The SMILES string of the molecule is Cc1cc2cnccc2cc1OC1CCN(C2CCCCC2)CC1. The molecule has 1 aliphatic heterocycles. The molecule has 2 aromatic rings. The third kappa shape index (κ3) is 3.41. The number of hydrogen-bond acceptors (Lipinski definition) is 3. The van der Waals surface area contributed by atoms with Gasteiger partial charge in [-0.2, -0.15) is 0 Å². The minimum atomic E-state index is 0.364. The highest BCUT2D eigenvalue weighted by atomic mass is 16.5. The van der Waals surface area contributed by atoms with Gasteiger partial charge in [-0.3, -0.25) is 4.98 Å². The summed E-state index contributed by atoms with van der Waals surface area (Å²) in [6.07, 6.45) is 13.5. The van der Waals surface area contributed by atoms with Crippen molar-refractivity contribution in [1.82, 2.24) is 9.88 Å². The van der Waals surface area contributed by atoms with Crippen molar-refractivity contribution in [3.8, 4) is 5.75 Å². The van der Waals surface area contributed by atoms with E-state index in [1.165, 1.54) is 61.5 Å². The molecule has 0 atom stereocenters. The van der Waals surface area contributed by atoms with Gasteiger partial charge in [-0.25, -0.2) is 0 Å². The van der Waals surface area contributed by atoms with Crippen molar-refractivity contribution >= 4 is 10.8 Å². The zero-order valence-corrected chi connectivity index (χ0v) is 14.7. The summed E-state index contributed by atoms with van der Waals surface area (Å²) in [5.41, 5.74) is 1.21. The summed E-state index contributed by atoms with van der Waals surface area (Å²) in [6.45, 7) is 4.54. The van der Waals surface area contributed by atoms with Gasteiger partial charge in [-0.05, 0) is 61.8 Å². The Morgan fingerprint density at radius 2 is 1.79 bits per heavy atom. The number of pyridine rings is 1. The molecular weight excluding hydrogens is 296 g/mol. The number of benzene rings is 1. The largest absolute Gasteiger partial charge is 0.490 e. The lowest BCUT2D eigenvalue weighted by molar-refractivity contribution is 0.0628. The Balaban J connectivity index is 1.39. The number of likely N-dealkylation sites (tertiary alicyclic amines) is 1. The summed E-state index contributed by atoms with van der Waals surface area (Å²) in [4.78, 5) is 6.93. The second-order valence-corrected chi connectivity index (χ2v) is 7.49. The molecule has 2 heterocycles. The molecule has 3 heteroatoms. The number of piperidine rings is 1. The Labute approximate surface area is 145 Å². The second-order valence-electron chi connectivity index (χ2n) is 7.49.